The number of carboxylic acids is 1. The highest BCUT2D eigenvalue weighted by Gasteiger charge is 2.25. The van der Waals surface area contributed by atoms with Crippen molar-refractivity contribution in [3.63, 3.8) is 0 Å². The van der Waals surface area contributed by atoms with Crippen LogP contribution in [0, 0.1) is 6.92 Å². The SMILES string of the molecule is Cc1cc(NC(=O)C2CCCS2)c(C(=O)O)[nH]1. The highest BCUT2D eigenvalue weighted by molar-refractivity contribution is 8.00. The second-order valence-corrected chi connectivity index (χ2v) is 5.35. The molecule has 5 nitrogen and oxygen atoms in total. The van der Waals surface area contributed by atoms with Gasteiger partial charge in [0, 0.05) is 5.69 Å². The molecule has 2 heterocycles. The van der Waals surface area contributed by atoms with Crippen LogP contribution in [0.15, 0.2) is 6.07 Å². The first-order valence-corrected chi connectivity index (χ1v) is 6.48. The lowest BCUT2D eigenvalue weighted by Crippen LogP contribution is -2.23. The van der Waals surface area contributed by atoms with E-state index in [2.05, 4.69) is 10.3 Å². The lowest BCUT2D eigenvalue weighted by molar-refractivity contribution is -0.115. The highest BCUT2D eigenvalue weighted by atomic mass is 32.2. The van der Waals surface area contributed by atoms with E-state index in [4.69, 9.17) is 5.11 Å². The van der Waals surface area contributed by atoms with Crippen molar-refractivity contribution in [2.75, 3.05) is 11.1 Å². The zero-order valence-electron chi connectivity index (χ0n) is 9.45. The Morgan fingerprint density at radius 2 is 2.35 bits per heavy atom. The van der Waals surface area contributed by atoms with Gasteiger partial charge in [-0.2, -0.15) is 0 Å². The van der Waals surface area contributed by atoms with Crippen molar-refractivity contribution in [2.45, 2.75) is 25.0 Å². The highest BCUT2D eigenvalue weighted by Crippen LogP contribution is 2.28. The van der Waals surface area contributed by atoms with Crippen LogP contribution in [-0.4, -0.2) is 33.0 Å². The molecule has 1 aromatic rings. The molecule has 17 heavy (non-hydrogen) atoms. The number of aromatic amines is 1. The summed E-state index contributed by atoms with van der Waals surface area (Å²) in [5.41, 5.74) is 1.11. The first kappa shape index (κ1) is 12.0. The zero-order chi connectivity index (χ0) is 12.4. The Morgan fingerprint density at radius 1 is 1.59 bits per heavy atom. The van der Waals surface area contributed by atoms with E-state index in [-0.39, 0.29) is 16.9 Å². The summed E-state index contributed by atoms with van der Waals surface area (Å²) in [6.45, 7) is 1.76. The summed E-state index contributed by atoms with van der Waals surface area (Å²) in [5.74, 6) is -0.169. The number of carboxylic acid groups (broad SMARTS) is 1. The van der Waals surface area contributed by atoms with Crippen LogP contribution in [0.1, 0.15) is 29.0 Å². The predicted octanol–water partition coefficient (Wildman–Crippen LogP) is 1.86. The topological polar surface area (TPSA) is 82.2 Å². The van der Waals surface area contributed by atoms with Gasteiger partial charge in [-0.3, -0.25) is 4.79 Å². The van der Waals surface area contributed by atoms with Crippen molar-refractivity contribution < 1.29 is 14.7 Å². The number of nitrogens with one attached hydrogen (secondary N) is 2. The van der Waals surface area contributed by atoms with Gasteiger partial charge in [-0.05, 0) is 31.6 Å². The molecular formula is C11H14N2O3S. The van der Waals surface area contributed by atoms with Gasteiger partial charge in [0.2, 0.25) is 5.91 Å². The van der Waals surface area contributed by atoms with Crippen molar-refractivity contribution in [1.82, 2.24) is 4.98 Å². The van der Waals surface area contributed by atoms with Crippen molar-refractivity contribution in [2.24, 2.45) is 0 Å². The second kappa shape index (κ2) is 4.83. The van der Waals surface area contributed by atoms with Gasteiger partial charge in [-0.25, -0.2) is 4.79 Å². The Bertz CT molecular complexity index is 450. The van der Waals surface area contributed by atoms with Crippen LogP contribution in [0.2, 0.25) is 0 Å². The minimum atomic E-state index is -1.06. The van der Waals surface area contributed by atoms with Gasteiger partial charge in [-0.15, -0.1) is 11.8 Å². The van der Waals surface area contributed by atoms with Gasteiger partial charge < -0.3 is 15.4 Å². The van der Waals surface area contributed by atoms with Crippen LogP contribution in [0.25, 0.3) is 0 Å². The van der Waals surface area contributed by atoms with Crippen molar-refractivity contribution in [3.8, 4) is 0 Å². The van der Waals surface area contributed by atoms with Crippen LogP contribution in [0.3, 0.4) is 0 Å². The molecule has 1 fully saturated rings. The molecule has 1 aliphatic heterocycles. The molecule has 92 valence electrons. The Kier molecular flexibility index (Phi) is 3.42. The Hall–Kier alpha value is -1.43. The van der Waals surface area contributed by atoms with Crippen molar-refractivity contribution >= 4 is 29.3 Å². The number of amides is 1. The molecule has 0 aromatic carbocycles. The number of thioether (sulfide) groups is 1. The largest absolute Gasteiger partial charge is 0.477 e. The molecule has 3 N–H and O–H groups in total. The molecule has 6 heteroatoms. The van der Waals surface area contributed by atoms with Crippen LogP contribution < -0.4 is 5.32 Å². The molecule has 2 rings (SSSR count). The summed E-state index contributed by atoms with van der Waals surface area (Å²) in [7, 11) is 0. The van der Waals surface area contributed by atoms with Gasteiger partial charge in [0.05, 0.1) is 10.9 Å². The summed E-state index contributed by atoms with van der Waals surface area (Å²) in [6.07, 6.45) is 1.91. The molecule has 0 aliphatic carbocycles. The van der Waals surface area contributed by atoms with Gasteiger partial charge in [0.1, 0.15) is 5.69 Å². The minimum Gasteiger partial charge on any atom is -0.477 e. The van der Waals surface area contributed by atoms with E-state index in [1.807, 2.05) is 0 Å². The molecular weight excluding hydrogens is 240 g/mol. The molecule has 1 aliphatic rings. The molecule has 1 amide bonds. The van der Waals surface area contributed by atoms with Gasteiger partial charge in [0.15, 0.2) is 0 Å². The third-order valence-corrected chi connectivity index (χ3v) is 4.02. The molecule has 0 radical (unpaired) electrons. The maximum atomic E-state index is 11.9. The normalized spacial score (nSPS) is 19.2. The fourth-order valence-electron chi connectivity index (χ4n) is 1.85. The number of hydrogen-bond acceptors (Lipinski definition) is 3. The first-order chi connectivity index (χ1) is 8.08. The standard InChI is InChI=1S/C11H14N2O3S/c1-6-5-7(9(12-6)11(15)16)13-10(14)8-3-2-4-17-8/h5,8,12H,2-4H2,1H3,(H,13,14)(H,15,16). The third-order valence-electron chi connectivity index (χ3n) is 2.65. The summed E-state index contributed by atoms with van der Waals surface area (Å²) >= 11 is 1.62. The predicted molar refractivity (Wildman–Crippen MR) is 66.6 cm³/mol. The van der Waals surface area contributed by atoms with Gasteiger partial charge in [0.25, 0.3) is 0 Å². The first-order valence-electron chi connectivity index (χ1n) is 5.43. The number of rotatable bonds is 3. The summed E-state index contributed by atoms with van der Waals surface area (Å²) in [5, 5.41) is 11.6. The lowest BCUT2D eigenvalue weighted by atomic mass is 10.2. The minimum absolute atomic E-state index is 0.0406. The van der Waals surface area contributed by atoms with Crippen LogP contribution in [0.4, 0.5) is 5.69 Å². The van der Waals surface area contributed by atoms with E-state index in [1.165, 1.54) is 0 Å². The van der Waals surface area contributed by atoms with E-state index >= 15 is 0 Å². The summed E-state index contributed by atoms with van der Waals surface area (Å²) in [6, 6.07) is 1.64. The molecule has 0 spiro atoms. The molecule has 1 aromatic heterocycles. The van der Waals surface area contributed by atoms with E-state index in [0.717, 1.165) is 24.3 Å². The zero-order valence-corrected chi connectivity index (χ0v) is 10.3. The van der Waals surface area contributed by atoms with Crippen LogP contribution >= 0.6 is 11.8 Å². The Balaban J connectivity index is 2.12. The average Bonchev–Trinajstić information content (AvgIpc) is 2.86. The summed E-state index contributed by atoms with van der Waals surface area (Å²) < 4.78 is 0. The fourth-order valence-corrected chi connectivity index (χ4v) is 3.02. The van der Waals surface area contributed by atoms with Gasteiger partial charge in [-0.1, -0.05) is 0 Å². The molecule has 0 saturated carbocycles. The smallest absolute Gasteiger partial charge is 0.354 e. The van der Waals surface area contributed by atoms with Crippen LogP contribution in [-0.2, 0) is 4.79 Å². The molecule has 0 bridgehead atoms. The lowest BCUT2D eigenvalue weighted by Gasteiger charge is -2.09. The second-order valence-electron chi connectivity index (χ2n) is 4.04. The number of hydrogen-bond donors (Lipinski definition) is 3. The number of anilines is 1. The van der Waals surface area contributed by atoms with E-state index in [0.29, 0.717) is 5.69 Å². The maximum Gasteiger partial charge on any atom is 0.354 e. The number of H-pyrrole nitrogens is 1. The third kappa shape index (κ3) is 2.63. The quantitative estimate of drug-likeness (QED) is 0.769. The fraction of sp³-hybridized carbons (Fsp3) is 0.455. The Morgan fingerprint density at radius 3 is 2.94 bits per heavy atom. The van der Waals surface area contributed by atoms with Crippen LogP contribution in [0.5, 0.6) is 0 Å². The average molecular weight is 254 g/mol. The van der Waals surface area contributed by atoms with E-state index in [9.17, 15) is 9.59 Å². The number of carbonyl (C=O) groups is 2. The molecule has 1 atom stereocenters. The number of aryl methyl sites for hydroxylation is 1. The van der Waals surface area contributed by atoms with E-state index < -0.39 is 5.97 Å². The number of carbonyl (C=O) groups excluding carboxylic acids is 1. The Labute approximate surface area is 103 Å². The number of aromatic carboxylic acids is 1. The van der Waals surface area contributed by atoms with Crippen molar-refractivity contribution in [3.05, 3.63) is 17.5 Å². The number of aromatic nitrogens is 1. The van der Waals surface area contributed by atoms with Gasteiger partial charge >= 0.3 is 5.97 Å². The monoisotopic (exact) mass is 254 g/mol. The maximum absolute atomic E-state index is 11.9. The van der Waals surface area contributed by atoms with E-state index in [1.54, 1.807) is 24.8 Å². The molecule has 1 unspecified atom stereocenters. The van der Waals surface area contributed by atoms with Crippen molar-refractivity contribution in [1.29, 1.82) is 0 Å². The summed E-state index contributed by atoms with van der Waals surface area (Å²) in [4.78, 5) is 25.5. The molecule has 1 saturated heterocycles.